The van der Waals surface area contributed by atoms with Crippen LogP contribution in [0, 0.1) is 0 Å². The van der Waals surface area contributed by atoms with Crippen molar-refractivity contribution in [1.82, 2.24) is 44.6 Å². The first-order valence-corrected chi connectivity index (χ1v) is 26.9. The van der Waals surface area contributed by atoms with Crippen LogP contribution in [-0.4, -0.2) is 183 Å². The predicted molar refractivity (Wildman–Crippen MR) is 298 cm³/mol. The molecule has 0 atom stereocenters. The van der Waals surface area contributed by atoms with Crippen LogP contribution < -0.4 is 39.4 Å². The van der Waals surface area contributed by atoms with Gasteiger partial charge in [-0.2, -0.15) is 36.3 Å². The molecule has 0 unspecified atom stereocenters. The number of benzene rings is 4. The lowest BCUT2D eigenvalue weighted by Gasteiger charge is -2.43. The van der Waals surface area contributed by atoms with Gasteiger partial charge in [0.1, 0.15) is 34.1 Å². The molecule has 7 heterocycles. The standard InChI is InChI=1S/C29H32F3N7O5.C28H29F3N6O4/c1-36-16-18-6-5-7-22(25(18)27(36)41)44-26-20(29(30,31)32)15-33-28(35-26)34-21-9-8-19(14-23(21)42-3)39-12-10-38(11-13-39)17-24(40)37(2)43-4;1-35-14-17-4-3-5-22(24(17)26(35)38)41-25-20(28(29,30)31)13-32-27(34-25)33-21-7-6-18(12-23(21)39-2)36-8-10-37(11-9-36)19-15-40-16-19/h5-9,14-15H,10-13,16-17H2,1-4H3,(H,33,34,35);3-7,12-13,19H,8-11,14-16H2,1-2H3,(H,32,33,34). The zero-order valence-electron chi connectivity index (χ0n) is 47.2. The first-order valence-electron chi connectivity index (χ1n) is 26.9. The second-order valence-corrected chi connectivity index (χ2v) is 20.5. The van der Waals surface area contributed by atoms with E-state index in [1.54, 1.807) is 63.6 Å². The summed E-state index contributed by atoms with van der Waals surface area (Å²) in [4.78, 5) is 70.0. The Morgan fingerprint density at radius 1 is 0.635 bits per heavy atom. The Labute approximate surface area is 484 Å². The van der Waals surface area contributed by atoms with Gasteiger partial charge < -0.3 is 53.9 Å². The Kier molecular flexibility index (Phi) is 17.4. The van der Waals surface area contributed by atoms with Crippen LogP contribution in [0.2, 0.25) is 0 Å². The normalized spacial score (nSPS) is 16.5. The van der Waals surface area contributed by atoms with Crippen molar-refractivity contribution in [2.75, 3.05) is 135 Å². The molecule has 0 saturated carbocycles. The minimum atomic E-state index is -4.80. The number of ether oxygens (including phenoxy) is 5. The number of halogens is 6. The summed E-state index contributed by atoms with van der Waals surface area (Å²) in [6, 6.07) is 21.0. The quantitative estimate of drug-likeness (QED) is 0.0698. The second kappa shape index (κ2) is 24.8. The number of rotatable bonds is 16. The summed E-state index contributed by atoms with van der Waals surface area (Å²) < 4.78 is 111. The highest BCUT2D eigenvalue weighted by atomic mass is 19.4. The lowest BCUT2D eigenvalue weighted by Crippen LogP contribution is -2.56. The van der Waals surface area contributed by atoms with Crippen LogP contribution in [0.3, 0.4) is 0 Å². The number of hydrogen-bond acceptors (Lipinski definition) is 19. The lowest BCUT2D eigenvalue weighted by atomic mass is 10.1. The summed E-state index contributed by atoms with van der Waals surface area (Å²) in [6.07, 6.45) is -8.28. The minimum absolute atomic E-state index is 0.00105. The molecule has 3 fully saturated rings. The summed E-state index contributed by atoms with van der Waals surface area (Å²) in [6.45, 7) is 8.76. The Bertz CT molecular complexity index is 3450. The molecule has 11 rings (SSSR count). The topological polar surface area (TPSA) is 205 Å². The number of amides is 3. The number of hydrogen-bond donors (Lipinski definition) is 2. The highest BCUT2D eigenvalue weighted by Gasteiger charge is 2.40. The average molecular weight is 1190 g/mol. The zero-order chi connectivity index (χ0) is 60.3. The number of aromatic nitrogens is 4. The van der Waals surface area contributed by atoms with E-state index in [-0.39, 0.29) is 58.8 Å². The Balaban J connectivity index is 0.000000189. The number of hydroxylamine groups is 2. The van der Waals surface area contributed by atoms with Crippen molar-refractivity contribution in [2.24, 2.45) is 0 Å². The van der Waals surface area contributed by atoms with Crippen LogP contribution in [0.5, 0.6) is 34.8 Å². The summed E-state index contributed by atoms with van der Waals surface area (Å²) >= 11 is 0. The van der Waals surface area contributed by atoms with Crippen LogP contribution in [0.15, 0.2) is 85.2 Å². The summed E-state index contributed by atoms with van der Waals surface area (Å²) in [5.74, 6) is -1.67. The molecule has 0 radical (unpaired) electrons. The molecule has 5 aliphatic heterocycles. The Morgan fingerprint density at radius 3 is 1.48 bits per heavy atom. The predicted octanol–water partition coefficient (Wildman–Crippen LogP) is 7.91. The minimum Gasteiger partial charge on any atom is -0.494 e. The molecule has 0 bridgehead atoms. The van der Waals surface area contributed by atoms with Gasteiger partial charge in [-0.25, -0.2) is 15.0 Å². The third-order valence-corrected chi connectivity index (χ3v) is 15.1. The van der Waals surface area contributed by atoms with Gasteiger partial charge in [0, 0.05) is 122 Å². The fourth-order valence-electron chi connectivity index (χ4n) is 10.3. The molecule has 4 aromatic carbocycles. The Morgan fingerprint density at radius 2 is 1.08 bits per heavy atom. The molecule has 2 aromatic heterocycles. The van der Waals surface area contributed by atoms with Gasteiger partial charge in [-0.05, 0) is 47.5 Å². The van der Waals surface area contributed by atoms with E-state index in [0.29, 0.717) is 91.7 Å². The monoisotopic (exact) mass is 1190 g/mol. The van der Waals surface area contributed by atoms with Gasteiger partial charge in [0.25, 0.3) is 17.7 Å². The maximum Gasteiger partial charge on any atom is 0.423 e. The van der Waals surface area contributed by atoms with Crippen LogP contribution in [0.4, 0.5) is 61.0 Å². The first kappa shape index (κ1) is 59.4. The fourth-order valence-corrected chi connectivity index (χ4v) is 10.3. The number of nitrogens with one attached hydrogen (secondary N) is 2. The molecule has 3 saturated heterocycles. The molecule has 3 amide bonds. The number of methoxy groups -OCH3 is 2. The van der Waals surface area contributed by atoms with Crippen LogP contribution in [-0.2, 0) is 39.8 Å². The van der Waals surface area contributed by atoms with Crippen molar-refractivity contribution in [3.8, 4) is 34.8 Å². The van der Waals surface area contributed by atoms with Crippen molar-refractivity contribution in [1.29, 1.82) is 0 Å². The molecule has 6 aromatic rings. The van der Waals surface area contributed by atoms with Crippen LogP contribution >= 0.6 is 0 Å². The van der Waals surface area contributed by atoms with E-state index in [1.807, 2.05) is 23.1 Å². The van der Waals surface area contributed by atoms with E-state index < -0.39 is 35.2 Å². The first-order chi connectivity index (χ1) is 40.7. The molecule has 5 aliphatic rings. The van der Waals surface area contributed by atoms with E-state index in [9.17, 15) is 40.7 Å². The van der Waals surface area contributed by atoms with Gasteiger partial charge in [-0.1, -0.05) is 24.3 Å². The zero-order valence-corrected chi connectivity index (χ0v) is 47.2. The fraction of sp³-hybridized carbons (Fsp3) is 0.386. The van der Waals surface area contributed by atoms with Crippen molar-refractivity contribution < 1.29 is 69.2 Å². The van der Waals surface area contributed by atoms with E-state index in [2.05, 4.69) is 45.3 Å². The van der Waals surface area contributed by atoms with Gasteiger partial charge in [0.15, 0.2) is 0 Å². The number of nitrogens with zero attached hydrogens (tertiary/aromatic N) is 11. The molecular weight excluding hydrogens is 1120 g/mol. The van der Waals surface area contributed by atoms with Crippen molar-refractivity contribution in [3.05, 3.63) is 119 Å². The third-order valence-electron chi connectivity index (χ3n) is 15.1. The number of likely N-dealkylation sites (N-methyl/N-ethyl adjacent to an activating group) is 1. The molecule has 85 heavy (non-hydrogen) atoms. The summed E-state index contributed by atoms with van der Waals surface area (Å²) in [5, 5.41) is 7.07. The van der Waals surface area contributed by atoms with Crippen LogP contribution in [0.25, 0.3) is 0 Å². The number of carbonyl (C=O) groups is 3. The Hall–Kier alpha value is -8.73. The number of piperazine rings is 2. The average Bonchev–Trinajstić information content (AvgIpc) is 3.48. The van der Waals surface area contributed by atoms with Gasteiger partial charge in [0.2, 0.25) is 23.7 Å². The highest BCUT2D eigenvalue weighted by Crippen LogP contribution is 2.43. The van der Waals surface area contributed by atoms with E-state index in [0.717, 1.165) is 50.8 Å². The second-order valence-electron chi connectivity index (χ2n) is 20.5. The van der Waals surface area contributed by atoms with Crippen molar-refractivity contribution in [2.45, 2.75) is 31.5 Å². The molecule has 0 spiro atoms. The summed E-state index contributed by atoms with van der Waals surface area (Å²) in [7, 11) is 9.22. The van der Waals surface area contributed by atoms with Crippen molar-refractivity contribution in [3.63, 3.8) is 0 Å². The van der Waals surface area contributed by atoms with Gasteiger partial charge in [-0.3, -0.25) is 29.0 Å². The van der Waals surface area contributed by atoms with Gasteiger partial charge in [-0.15, -0.1) is 0 Å². The van der Waals surface area contributed by atoms with Crippen LogP contribution in [0.1, 0.15) is 43.0 Å². The van der Waals surface area contributed by atoms with E-state index in [1.165, 1.54) is 48.3 Å². The summed E-state index contributed by atoms with van der Waals surface area (Å²) in [5.41, 5.74) is 2.13. The number of carbonyl (C=O) groups excluding carboxylic acids is 3. The van der Waals surface area contributed by atoms with E-state index in [4.69, 9.17) is 28.5 Å². The maximum absolute atomic E-state index is 13.9. The number of alkyl halides is 6. The molecule has 28 heteroatoms. The molecular formula is C57H61F6N13O9. The molecule has 450 valence electrons. The molecule has 0 aliphatic carbocycles. The van der Waals surface area contributed by atoms with Gasteiger partial charge in [0.05, 0.1) is 69.6 Å². The van der Waals surface area contributed by atoms with Gasteiger partial charge >= 0.3 is 12.4 Å². The molecule has 2 N–H and O–H groups in total. The molecule has 22 nitrogen and oxygen atoms in total. The smallest absolute Gasteiger partial charge is 0.423 e. The highest BCUT2D eigenvalue weighted by molar-refractivity contribution is 6.01. The third kappa shape index (κ3) is 13.2. The van der Waals surface area contributed by atoms with E-state index >= 15 is 0 Å². The number of anilines is 6. The number of fused-ring (bicyclic) bond motifs is 2. The lowest BCUT2D eigenvalue weighted by molar-refractivity contribution is -0.169. The largest absolute Gasteiger partial charge is 0.494 e. The SMILES string of the molecule is COc1cc(N2CCN(C3COC3)CC2)ccc1Nc1ncc(C(F)(F)F)c(Oc2cccc3c2C(=O)N(C)C3)n1.COc1cc(N2CCN(CC(=O)N(C)OC)CC2)ccc1Nc1ncc(C(F)(F)F)c(Oc2cccc3c2C(=O)N(C)C3)n1. The maximum atomic E-state index is 13.9. The van der Waals surface area contributed by atoms with Crippen molar-refractivity contribution >= 4 is 52.4 Å².